The number of carboxylic acids is 1. The average molecular weight is 286 g/mol. The Hall–Kier alpha value is -2.00. The predicted octanol–water partition coefficient (Wildman–Crippen LogP) is -1.41. The Morgan fingerprint density at radius 2 is 2.16 bits per heavy atom. The third-order valence-corrected chi connectivity index (χ3v) is 3.07. The first-order valence-electron chi connectivity index (χ1n) is 5.36. The Morgan fingerprint density at radius 3 is 2.63 bits per heavy atom. The molecule has 0 aromatic carbocycles. The summed E-state index contributed by atoms with van der Waals surface area (Å²) in [5.41, 5.74) is 10.8. The summed E-state index contributed by atoms with van der Waals surface area (Å²) in [5.74, 6) is -2.65. The molecule has 1 unspecified atom stereocenters. The van der Waals surface area contributed by atoms with Crippen LogP contribution in [-0.2, 0) is 27.3 Å². The summed E-state index contributed by atoms with van der Waals surface area (Å²) in [6, 6.07) is -1.32. The zero-order chi connectivity index (χ0) is 14.4. The van der Waals surface area contributed by atoms with Gasteiger partial charge in [-0.3, -0.25) is 9.59 Å². The van der Waals surface area contributed by atoms with Crippen LogP contribution in [0.2, 0.25) is 0 Å². The van der Waals surface area contributed by atoms with Crippen molar-refractivity contribution < 1.29 is 19.5 Å². The smallest absolute Gasteiger partial charge is 0.326 e. The predicted molar refractivity (Wildman–Crippen MR) is 67.1 cm³/mol. The van der Waals surface area contributed by atoms with Crippen molar-refractivity contribution in [2.45, 2.75) is 25.4 Å². The summed E-state index contributed by atoms with van der Waals surface area (Å²) in [6.45, 7) is 0.283. The van der Waals surface area contributed by atoms with E-state index in [0.29, 0.717) is 10.7 Å². The van der Waals surface area contributed by atoms with Crippen LogP contribution in [0.15, 0.2) is 5.38 Å². The van der Waals surface area contributed by atoms with Gasteiger partial charge in [0.05, 0.1) is 18.5 Å². The van der Waals surface area contributed by atoms with Gasteiger partial charge in [-0.1, -0.05) is 0 Å². The maximum absolute atomic E-state index is 11.6. The molecule has 0 aliphatic rings. The number of amides is 2. The summed E-state index contributed by atoms with van der Waals surface area (Å²) >= 11 is 1.32. The molecule has 0 fully saturated rings. The highest BCUT2D eigenvalue weighted by atomic mass is 32.1. The summed E-state index contributed by atoms with van der Waals surface area (Å²) in [5, 5.41) is 13.4. The van der Waals surface area contributed by atoms with Crippen molar-refractivity contribution in [1.29, 1.82) is 0 Å². The summed E-state index contributed by atoms with van der Waals surface area (Å²) in [4.78, 5) is 37.2. The highest BCUT2D eigenvalue weighted by Crippen LogP contribution is 2.09. The lowest BCUT2D eigenvalue weighted by Gasteiger charge is -2.12. The van der Waals surface area contributed by atoms with Gasteiger partial charge in [0.1, 0.15) is 11.0 Å². The zero-order valence-electron chi connectivity index (χ0n) is 9.96. The highest BCUT2D eigenvalue weighted by Gasteiger charge is 2.22. The number of carbonyl (C=O) groups is 3. The van der Waals surface area contributed by atoms with E-state index in [-0.39, 0.29) is 13.0 Å². The monoisotopic (exact) mass is 286 g/mol. The van der Waals surface area contributed by atoms with E-state index in [4.69, 9.17) is 16.6 Å². The maximum atomic E-state index is 11.6. The molecule has 1 aromatic heterocycles. The Bertz CT molecular complexity index is 488. The molecule has 0 aliphatic heterocycles. The molecule has 0 aliphatic carbocycles. The van der Waals surface area contributed by atoms with Gasteiger partial charge in [-0.25, -0.2) is 9.78 Å². The number of hydrogen-bond donors (Lipinski definition) is 4. The van der Waals surface area contributed by atoms with Crippen LogP contribution in [0, 0.1) is 0 Å². The van der Waals surface area contributed by atoms with Crippen molar-refractivity contribution in [2.24, 2.45) is 11.5 Å². The Balaban J connectivity index is 2.57. The number of nitrogens with two attached hydrogens (primary N) is 2. The van der Waals surface area contributed by atoms with Gasteiger partial charge in [0.25, 0.3) is 0 Å². The van der Waals surface area contributed by atoms with Gasteiger partial charge in [0.15, 0.2) is 0 Å². The molecule has 6 N–H and O–H groups in total. The molecule has 0 saturated carbocycles. The molecule has 1 rings (SSSR count). The fourth-order valence-corrected chi connectivity index (χ4v) is 2.01. The zero-order valence-corrected chi connectivity index (χ0v) is 10.8. The summed E-state index contributed by atoms with van der Waals surface area (Å²) in [7, 11) is 0. The molecule has 0 bridgehead atoms. The van der Waals surface area contributed by atoms with Crippen LogP contribution in [0.4, 0.5) is 0 Å². The average Bonchev–Trinajstić information content (AvgIpc) is 2.75. The molecule has 8 nitrogen and oxygen atoms in total. The largest absolute Gasteiger partial charge is 0.480 e. The van der Waals surface area contributed by atoms with Crippen LogP contribution in [-0.4, -0.2) is 33.9 Å². The van der Waals surface area contributed by atoms with Gasteiger partial charge in [-0.2, -0.15) is 0 Å². The van der Waals surface area contributed by atoms with Gasteiger partial charge < -0.3 is 21.9 Å². The minimum Gasteiger partial charge on any atom is -0.480 e. The molecule has 19 heavy (non-hydrogen) atoms. The van der Waals surface area contributed by atoms with Crippen molar-refractivity contribution in [3.05, 3.63) is 16.1 Å². The molecule has 0 spiro atoms. The third kappa shape index (κ3) is 5.02. The van der Waals surface area contributed by atoms with E-state index in [1.807, 2.05) is 0 Å². The number of carbonyl (C=O) groups excluding carboxylic acids is 2. The minimum absolute atomic E-state index is 0.0704. The molecule has 104 valence electrons. The lowest BCUT2D eigenvalue weighted by molar-refractivity contribution is -0.143. The number of carboxylic acid groups (broad SMARTS) is 1. The molecule has 2 amide bonds. The van der Waals surface area contributed by atoms with Gasteiger partial charge >= 0.3 is 5.97 Å². The van der Waals surface area contributed by atoms with Crippen LogP contribution in [0.1, 0.15) is 17.1 Å². The van der Waals surface area contributed by atoms with E-state index >= 15 is 0 Å². The molecular weight excluding hydrogens is 272 g/mol. The minimum atomic E-state index is -1.32. The van der Waals surface area contributed by atoms with Crippen molar-refractivity contribution in [2.75, 3.05) is 0 Å². The number of aromatic nitrogens is 1. The Morgan fingerprint density at radius 1 is 1.47 bits per heavy atom. The van der Waals surface area contributed by atoms with Crippen LogP contribution >= 0.6 is 11.3 Å². The van der Waals surface area contributed by atoms with E-state index in [1.165, 1.54) is 11.3 Å². The van der Waals surface area contributed by atoms with E-state index in [1.54, 1.807) is 5.38 Å². The second-order valence-corrected chi connectivity index (χ2v) is 4.68. The number of hydrogen-bond acceptors (Lipinski definition) is 6. The van der Waals surface area contributed by atoms with Gasteiger partial charge in [0.2, 0.25) is 11.8 Å². The molecule has 9 heteroatoms. The first-order chi connectivity index (χ1) is 8.92. The topological polar surface area (TPSA) is 148 Å². The first-order valence-corrected chi connectivity index (χ1v) is 6.24. The van der Waals surface area contributed by atoms with Crippen LogP contribution in [0.5, 0.6) is 0 Å². The van der Waals surface area contributed by atoms with Crippen LogP contribution < -0.4 is 16.8 Å². The number of nitrogens with one attached hydrogen (secondary N) is 1. The standard InChI is InChI=1S/C10H14N4O4S/c11-3-9-13-5(4-19-9)1-8(16)14-6(10(17)18)2-7(12)15/h4,6H,1-3,11H2,(H2,12,15)(H,14,16)(H,17,18). The Labute approximate surface area is 112 Å². The van der Waals surface area contributed by atoms with E-state index < -0.39 is 30.2 Å². The molecule has 1 aromatic rings. The highest BCUT2D eigenvalue weighted by molar-refractivity contribution is 7.09. The maximum Gasteiger partial charge on any atom is 0.326 e. The SMILES string of the molecule is NCc1nc(CC(=O)NC(CC(N)=O)C(=O)O)cs1. The lowest BCUT2D eigenvalue weighted by atomic mass is 10.2. The third-order valence-electron chi connectivity index (χ3n) is 2.15. The number of primary amides is 1. The van der Waals surface area contributed by atoms with Crippen molar-refractivity contribution >= 4 is 29.1 Å². The number of rotatable bonds is 7. The molecule has 1 atom stereocenters. The van der Waals surface area contributed by atoms with Crippen LogP contribution in [0.3, 0.4) is 0 Å². The summed E-state index contributed by atoms with van der Waals surface area (Å²) < 4.78 is 0. The van der Waals surface area contributed by atoms with E-state index in [9.17, 15) is 14.4 Å². The fraction of sp³-hybridized carbons (Fsp3) is 0.400. The van der Waals surface area contributed by atoms with E-state index in [0.717, 1.165) is 0 Å². The number of nitrogens with zero attached hydrogens (tertiary/aromatic N) is 1. The van der Waals surface area contributed by atoms with Gasteiger partial charge in [-0.15, -0.1) is 11.3 Å². The van der Waals surface area contributed by atoms with Gasteiger partial charge in [0, 0.05) is 11.9 Å². The molecular formula is C10H14N4O4S. The molecule has 0 saturated heterocycles. The lowest BCUT2D eigenvalue weighted by Crippen LogP contribution is -2.43. The van der Waals surface area contributed by atoms with Gasteiger partial charge in [-0.05, 0) is 0 Å². The Kier molecular flexibility index (Phi) is 5.39. The van der Waals surface area contributed by atoms with Crippen molar-refractivity contribution in [3.63, 3.8) is 0 Å². The fourth-order valence-electron chi connectivity index (χ4n) is 1.33. The molecule has 0 radical (unpaired) electrons. The number of aliphatic carboxylic acids is 1. The normalized spacial score (nSPS) is 11.8. The first kappa shape index (κ1) is 15.1. The summed E-state index contributed by atoms with van der Waals surface area (Å²) in [6.07, 6.45) is -0.523. The van der Waals surface area contributed by atoms with Crippen LogP contribution in [0.25, 0.3) is 0 Å². The quantitative estimate of drug-likeness (QED) is 0.484. The second kappa shape index (κ2) is 6.81. The van der Waals surface area contributed by atoms with Crippen molar-refractivity contribution in [1.82, 2.24) is 10.3 Å². The molecule has 1 heterocycles. The van der Waals surface area contributed by atoms with Crippen molar-refractivity contribution in [3.8, 4) is 0 Å². The number of thiazole rings is 1. The second-order valence-electron chi connectivity index (χ2n) is 3.74. The van der Waals surface area contributed by atoms with E-state index in [2.05, 4.69) is 10.3 Å².